The van der Waals surface area contributed by atoms with Crippen molar-refractivity contribution in [2.75, 3.05) is 0 Å². The van der Waals surface area contributed by atoms with E-state index in [-0.39, 0.29) is 0 Å². The Morgan fingerprint density at radius 3 is 2.68 bits per heavy atom. The highest BCUT2D eigenvalue weighted by molar-refractivity contribution is 5.96. The summed E-state index contributed by atoms with van der Waals surface area (Å²) in [6.07, 6.45) is 6.87. The highest BCUT2D eigenvalue weighted by Crippen LogP contribution is 2.61. The van der Waals surface area contributed by atoms with Crippen molar-refractivity contribution in [3.05, 3.63) is 71.3 Å². The van der Waals surface area contributed by atoms with E-state index in [2.05, 4.69) is 24.3 Å². The lowest BCUT2D eigenvalue weighted by atomic mass is 9.78. The van der Waals surface area contributed by atoms with Gasteiger partial charge in [-0.25, -0.2) is 0 Å². The van der Waals surface area contributed by atoms with Crippen molar-refractivity contribution in [1.29, 1.82) is 0 Å². The lowest BCUT2D eigenvalue weighted by molar-refractivity contribution is 0.0977. The number of aryl methyl sites for hydroxylation is 1. The van der Waals surface area contributed by atoms with Crippen LogP contribution in [0.15, 0.2) is 54.6 Å². The molecule has 2 aliphatic rings. The summed E-state index contributed by atoms with van der Waals surface area (Å²) in [5.41, 5.74) is 4.40. The molecule has 2 aliphatic carbocycles. The van der Waals surface area contributed by atoms with Gasteiger partial charge in [0.05, 0.1) is 0 Å². The summed E-state index contributed by atoms with van der Waals surface area (Å²) >= 11 is 0. The molecule has 0 aliphatic heterocycles. The molecule has 1 fully saturated rings. The molecule has 0 aromatic heterocycles. The van der Waals surface area contributed by atoms with Gasteiger partial charge >= 0.3 is 0 Å². The second kappa shape index (κ2) is 5.39. The predicted molar refractivity (Wildman–Crippen MR) is 89.2 cm³/mol. The third kappa shape index (κ3) is 2.29. The minimum absolute atomic E-state index is 0.298. The minimum atomic E-state index is 0.298. The molecule has 0 N–H and O–H groups in total. The Hall–Kier alpha value is -1.89. The summed E-state index contributed by atoms with van der Waals surface area (Å²) < 4.78 is 0. The summed E-state index contributed by atoms with van der Waals surface area (Å²) in [5, 5.41) is 0. The Balaban J connectivity index is 1.44. The fraction of sp³-hybridized carbons (Fsp3) is 0.381. The van der Waals surface area contributed by atoms with Crippen molar-refractivity contribution >= 4 is 5.78 Å². The number of hydrogen-bond donors (Lipinski definition) is 0. The number of carbonyl (C=O) groups is 1. The van der Waals surface area contributed by atoms with E-state index in [1.165, 1.54) is 25.7 Å². The number of hydrogen-bond acceptors (Lipinski definition) is 1. The number of fused-ring (bicyclic) bond motifs is 2. The van der Waals surface area contributed by atoms with Crippen LogP contribution in [0.4, 0.5) is 0 Å². The highest BCUT2D eigenvalue weighted by atomic mass is 16.1. The monoisotopic (exact) mass is 290 g/mol. The van der Waals surface area contributed by atoms with E-state index in [4.69, 9.17) is 0 Å². The molecule has 2 atom stereocenters. The summed E-state index contributed by atoms with van der Waals surface area (Å²) in [5.74, 6) is 1.01. The first-order valence-electron chi connectivity index (χ1n) is 8.46. The molecule has 1 saturated carbocycles. The Morgan fingerprint density at radius 2 is 1.82 bits per heavy atom. The number of benzene rings is 2. The number of rotatable bonds is 4. The molecule has 112 valence electrons. The van der Waals surface area contributed by atoms with Crippen LogP contribution >= 0.6 is 0 Å². The van der Waals surface area contributed by atoms with Gasteiger partial charge in [0.25, 0.3) is 0 Å². The van der Waals surface area contributed by atoms with Crippen molar-refractivity contribution in [3.63, 3.8) is 0 Å². The van der Waals surface area contributed by atoms with Crippen LogP contribution in [0.5, 0.6) is 0 Å². The van der Waals surface area contributed by atoms with E-state index < -0.39 is 0 Å². The topological polar surface area (TPSA) is 17.1 Å². The Bertz CT molecular complexity index is 688. The lowest BCUT2D eigenvalue weighted by Crippen LogP contribution is -2.18. The zero-order chi connectivity index (χ0) is 15.0. The van der Waals surface area contributed by atoms with E-state index in [1.54, 1.807) is 11.1 Å². The van der Waals surface area contributed by atoms with E-state index >= 15 is 0 Å². The lowest BCUT2D eigenvalue weighted by Gasteiger charge is -2.26. The average molecular weight is 290 g/mol. The minimum Gasteiger partial charge on any atom is -0.294 e. The summed E-state index contributed by atoms with van der Waals surface area (Å²) in [6.45, 7) is 0. The fourth-order valence-corrected chi connectivity index (χ4v) is 4.42. The van der Waals surface area contributed by atoms with Crippen LogP contribution in [0.25, 0.3) is 0 Å². The fourth-order valence-electron chi connectivity index (χ4n) is 4.42. The molecule has 0 bridgehead atoms. The molecular weight excluding hydrogens is 268 g/mol. The van der Waals surface area contributed by atoms with Crippen molar-refractivity contribution in [1.82, 2.24) is 0 Å². The largest absolute Gasteiger partial charge is 0.294 e. The van der Waals surface area contributed by atoms with Gasteiger partial charge in [0.1, 0.15) is 0 Å². The maximum atomic E-state index is 12.3. The van der Waals surface area contributed by atoms with Crippen LogP contribution in [0.2, 0.25) is 0 Å². The Labute approximate surface area is 132 Å². The Morgan fingerprint density at radius 1 is 1.05 bits per heavy atom. The van der Waals surface area contributed by atoms with Gasteiger partial charge in [0.15, 0.2) is 5.78 Å². The van der Waals surface area contributed by atoms with Gasteiger partial charge in [-0.1, -0.05) is 54.6 Å². The first kappa shape index (κ1) is 13.8. The smallest absolute Gasteiger partial charge is 0.162 e. The van der Waals surface area contributed by atoms with Crippen molar-refractivity contribution in [2.45, 2.75) is 43.9 Å². The van der Waals surface area contributed by atoms with Crippen molar-refractivity contribution < 1.29 is 4.79 Å². The van der Waals surface area contributed by atoms with Crippen LogP contribution in [0.1, 0.15) is 53.6 Å². The molecule has 2 aromatic carbocycles. The quantitative estimate of drug-likeness (QED) is 0.729. The third-order valence-corrected chi connectivity index (χ3v) is 5.67. The first-order valence-corrected chi connectivity index (χ1v) is 8.46. The van der Waals surface area contributed by atoms with Crippen molar-refractivity contribution in [2.24, 2.45) is 5.92 Å². The molecule has 22 heavy (non-hydrogen) atoms. The van der Waals surface area contributed by atoms with E-state index in [0.29, 0.717) is 23.5 Å². The zero-order valence-corrected chi connectivity index (χ0v) is 12.9. The highest BCUT2D eigenvalue weighted by Gasteiger charge is 2.55. The summed E-state index contributed by atoms with van der Waals surface area (Å²) in [4.78, 5) is 12.3. The standard InChI is InChI=1S/C21H22O/c22-20(17-8-2-1-3-9-17)13-12-18-15-21(18)14-6-10-16-7-4-5-11-19(16)21/h1-5,7-9,11,18H,6,10,12-15H2/t18-,21-/m1/s1. The molecule has 2 aromatic rings. The van der Waals surface area contributed by atoms with Crippen LogP contribution in [-0.4, -0.2) is 5.78 Å². The average Bonchev–Trinajstić information content (AvgIpc) is 3.27. The molecule has 1 spiro atoms. The second-order valence-electron chi connectivity index (χ2n) is 6.90. The van der Waals surface area contributed by atoms with E-state index in [0.717, 1.165) is 12.0 Å². The number of ketones is 1. The maximum absolute atomic E-state index is 12.3. The second-order valence-corrected chi connectivity index (χ2v) is 6.90. The van der Waals surface area contributed by atoms with Gasteiger partial charge in [-0.05, 0) is 54.6 Å². The van der Waals surface area contributed by atoms with Crippen molar-refractivity contribution in [3.8, 4) is 0 Å². The van der Waals surface area contributed by atoms with Gasteiger partial charge in [0.2, 0.25) is 0 Å². The van der Waals surface area contributed by atoms with Gasteiger partial charge < -0.3 is 0 Å². The molecule has 0 radical (unpaired) electrons. The Kier molecular flexibility index (Phi) is 3.37. The van der Waals surface area contributed by atoms with Gasteiger partial charge in [-0.3, -0.25) is 4.79 Å². The van der Waals surface area contributed by atoms with Gasteiger partial charge in [-0.15, -0.1) is 0 Å². The van der Waals surface area contributed by atoms with E-state index in [9.17, 15) is 4.79 Å². The molecular formula is C21H22O. The molecule has 0 saturated heterocycles. The van der Waals surface area contributed by atoms with Crippen LogP contribution in [0, 0.1) is 5.92 Å². The normalized spacial score (nSPS) is 25.7. The molecule has 0 amide bonds. The predicted octanol–water partition coefficient (Wildman–Crippen LogP) is 4.94. The molecule has 1 nitrogen and oxygen atoms in total. The number of carbonyl (C=O) groups excluding carboxylic acids is 1. The van der Waals surface area contributed by atoms with Crippen LogP contribution < -0.4 is 0 Å². The summed E-state index contributed by atoms with van der Waals surface area (Å²) in [7, 11) is 0. The van der Waals surface area contributed by atoms with Gasteiger partial charge in [0, 0.05) is 12.0 Å². The van der Waals surface area contributed by atoms with E-state index in [1.807, 2.05) is 30.3 Å². The zero-order valence-electron chi connectivity index (χ0n) is 12.9. The molecule has 0 heterocycles. The maximum Gasteiger partial charge on any atom is 0.162 e. The van der Waals surface area contributed by atoms with Gasteiger partial charge in [-0.2, -0.15) is 0 Å². The molecule has 0 unspecified atom stereocenters. The molecule has 1 heteroatoms. The number of Topliss-reactive ketones (excluding diaryl/α,β-unsaturated/α-hetero) is 1. The third-order valence-electron chi connectivity index (χ3n) is 5.67. The molecule has 4 rings (SSSR count). The summed E-state index contributed by atoms with van der Waals surface area (Å²) in [6, 6.07) is 18.7. The first-order chi connectivity index (χ1) is 10.8. The SMILES string of the molecule is O=C(CC[C@@H]1C[C@]12CCCc1ccccc12)c1ccccc1. The van der Waals surface area contributed by atoms with Crippen LogP contribution in [-0.2, 0) is 11.8 Å². The van der Waals surface area contributed by atoms with Crippen LogP contribution in [0.3, 0.4) is 0 Å².